The van der Waals surface area contributed by atoms with Crippen LogP contribution in [0, 0.1) is 0 Å². The Hall–Kier alpha value is -3.46. The van der Waals surface area contributed by atoms with E-state index in [0.29, 0.717) is 23.6 Å². The molecule has 0 fully saturated rings. The van der Waals surface area contributed by atoms with Crippen LogP contribution in [-0.4, -0.2) is 51.8 Å². The molecule has 0 bridgehead atoms. The Labute approximate surface area is 195 Å². The number of hydrogen-bond acceptors (Lipinski definition) is 5. The van der Waals surface area contributed by atoms with Crippen LogP contribution in [0.1, 0.15) is 28.9 Å². The minimum Gasteiger partial charge on any atom is -0.482 e. The van der Waals surface area contributed by atoms with Gasteiger partial charge in [-0.05, 0) is 42.5 Å². The molecule has 0 unspecified atom stereocenters. The molecule has 0 radical (unpaired) electrons. The van der Waals surface area contributed by atoms with Crippen LogP contribution >= 0.6 is 0 Å². The lowest BCUT2D eigenvalue weighted by atomic mass is 10.0. The van der Waals surface area contributed by atoms with Gasteiger partial charge in [-0.2, -0.15) is 13.2 Å². The predicted octanol–water partition coefficient (Wildman–Crippen LogP) is 4.37. The predicted molar refractivity (Wildman–Crippen MR) is 120 cm³/mol. The smallest absolute Gasteiger partial charge is 0.412 e. The Morgan fingerprint density at radius 1 is 1.12 bits per heavy atom. The molecule has 6 nitrogen and oxygen atoms in total. The normalized spacial score (nSPS) is 16.7. The standard InChI is InChI=1S/C25H24F3N3O3/c26-25(27,28)20-3-1-2-18(4-6-20)23-14-29-13-21(30-23)15-31-10-8-17-5-7-22(34-16-24(32)33)12-19(17)9-11-31/h1-2,4-7,12-14H,3,8-11,15-16H2,(H,32,33). The van der Waals surface area contributed by atoms with Crippen molar-refractivity contribution in [3.8, 4) is 5.75 Å². The van der Waals surface area contributed by atoms with Crippen molar-refractivity contribution in [3.63, 3.8) is 0 Å². The van der Waals surface area contributed by atoms with E-state index in [-0.39, 0.29) is 13.0 Å². The van der Waals surface area contributed by atoms with Gasteiger partial charge < -0.3 is 9.84 Å². The highest BCUT2D eigenvalue weighted by Gasteiger charge is 2.32. The number of halogens is 3. The minimum atomic E-state index is -4.35. The lowest BCUT2D eigenvalue weighted by molar-refractivity contribution is -0.139. The van der Waals surface area contributed by atoms with Crippen LogP contribution in [0.2, 0.25) is 0 Å². The number of aromatic nitrogens is 2. The van der Waals surface area contributed by atoms with E-state index in [1.807, 2.05) is 12.1 Å². The first-order valence-electron chi connectivity index (χ1n) is 10.9. The van der Waals surface area contributed by atoms with Gasteiger partial charge in [0.05, 0.1) is 17.6 Å². The second-order valence-corrected chi connectivity index (χ2v) is 8.20. The molecule has 0 amide bonds. The summed E-state index contributed by atoms with van der Waals surface area (Å²) in [4.78, 5) is 21.9. The van der Waals surface area contributed by atoms with E-state index in [1.54, 1.807) is 24.5 Å². The summed E-state index contributed by atoms with van der Waals surface area (Å²) in [5.41, 5.74) is 3.60. The number of carboxylic acid groups (broad SMARTS) is 1. The Morgan fingerprint density at radius 2 is 1.91 bits per heavy atom. The van der Waals surface area contributed by atoms with E-state index in [0.717, 1.165) is 43.3 Å². The number of rotatable bonds is 6. The van der Waals surface area contributed by atoms with Crippen LogP contribution in [0.4, 0.5) is 13.2 Å². The van der Waals surface area contributed by atoms with Gasteiger partial charge in [-0.3, -0.25) is 9.88 Å². The van der Waals surface area contributed by atoms with Crippen LogP contribution in [0.3, 0.4) is 0 Å². The van der Waals surface area contributed by atoms with Gasteiger partial charge in [0.1, 0.15) is 5.75 Å². The van der Waals surface area contributed by atoms with E-state index in [9.17, 15) is 18.0 Å². The Morgan fingerprint density at radius 3 is 2.68 bits per heavy atom. The maximum Gasteiger partial charge on any atom is 0.412 e. The molecule has 0 spiro atoms. The van der Waals surface area contributed by atoms with Crippen molar-refractivity contribution in [2.24, 2.45) is 0 Å². The Kier molecular flexibility index (Phi) is 7.12. The van der Waals surface area contributed by atoms with Crippen molar-refractivity contribution in [1.82, 2.24) is 14.9 Å². The molecular formula is C25H24F3N3O3. The molecule has 1 aliphatic heterocycles. The summed E-state index contributed by atoms with van der Waals surface area (Å²) in [6, 6.07) is 5.67. The van der Waals surface area contributed by atoms with E-state index in [2.05, 4.69) is 14.9 Å². The number of alkyl halides is 3. The van der Waals surface area contributed by atoms with Crippen molar-refractivity contribution >= 4 is 11.5 Å². The zero-order valence-corrected chi connectivity index (χ0v) is 18.4. The van der Waals surface area contributed by atoms with Gasteiger partial charge in [0, 0.05) is 37.0 Å². The van der Waals surface area contributed by atoms with Crippen LogP contribution in [0.15, 0.2) is 60.5 Å². The summed E-state index contributed by atoms with van der Waals surface area (Å²) in [6.45, 7) is 1.78. The van der Waals surface area contributed by atoms with Crippen molar-refractivity contribution < 1.29 is 27.8 Å². The Balaban J connectivity index is 1.43. The van der Waals surface area contributed by atoms with Gasteiger partial charge in [0.2, 0.25) is 0 Å². The number of fused-ring (bicyclic) bond motifs is 1. The third-order valence-electron chi connectivity index (χ3n) is 5.76. The molecule has 2 aliphatic rings. The molecule has 1 aromatic heterocycles. The highest BCUT2D eigenvalue weighted by atomic mass is 19.4. The number of benzene rings is 1. The minimum absolute atomic E-state index is 0.173. The van der Waals surface area contributed by atoms with Crippen LogP contribution in [-0.2, 0) is 24.2 Å². The molecule has 34 heavy (non-hydrogen) atoms. The van der Waals surface area contributed by atoms with E-state index in [4.69, 9.17) is 9.84 Å². The van der Waals surface area contributed by atoms with Gasteiger partial charge in [0.15, 0.2) is 6.61 Å². The quantitative estimate of drug-likeness (QED) is 0.674. The van der Waals surface area contributed by atoms with Crippen LogP contribution in [0.5, 0.6) is 5.75 Å². The molecule has 0 saturated carbocycles. The van der Waals surface area contributed by atoms with Gasteiger partial charge in [-0.15, -0.1) is 0 Å². The maximum absolute atomic E-state index is 13.0. The molecule has 9 heteroatoms. The van der Waals surface area contributed by atoms with Crippen molar-refractivity contribution in [2.45, 2.75) is 32.0 Å². The largest absolute Gasteiger partial charge is 0.482 e. The van der Waals surface area contributed by atoms with Gasteiger partial charge in [-0.25, -0.2) is 9.78 Å². The lowest BCUT2D eigenvalue weighted by Gasteiger charge is -2.19. The number of carbonyl (C=O) groups is 1. The van der Waals surface area contributed by atoms with Crippen LogP contribution < -0.4 is 4.74 Å². The van der Waals surface area contributed by atoms with Crippen molar-refractivity contribution in [3.05, 3.63) is 83.0 Å². The van der Waals surface area contributed by atoms with E-state index >= 15 is 0 Å². The molecule has 4 rings (SSSR count). The summed E-state index contributed by atoms with van der Waals surface area (Å²) in [5.74, 6) is -0.475. The number of carboxylic acids is 1. The first kappa shape index (κ1) is 23.7. The van der Waals surface area contributed by atoms with Gasteiger partial charge in [-0.1, -0.05) is 30.4 Å². The average Bonchev–Trinajstić information content (AvgIpc) is 3.17. The fourth-order valence-electron chi connectivity index (χ4n) is 4.00. The summed E-state index contributed by atoms with van der Waals surface area (Å²) >= 11 is 0. The summed E-state index contributed by atoms with van der Waals surface area (Å²) < 4.78 is 44.3. The fraction of sp³-hybridized carbons (Fsp3) is 0.320. The molecular weight excluding hydrogens is 447 g/mol. The zero-order valence-electron chi connectivity index (χ0n) is 18.4. The Bertz CT molecular complexity index is 1160. The fourth-order valence-corrected chi connectivity index (χ4v) is 4.00. The van der Waals surface area contributed by atoms with E-state index in [1.165, 1.54) is 17.7 Å². The molecule has 2 aromatic rings. The number of hydrogen-bond donors (Lipinski definition) is 1. The third-order valence-corrected chi connectivity index (χ3v) is 5.76. The number of nitrogens with zero attached hydrogens (tertiary/aromatic N) is 3. The van der Waals surface area contributed by atoms with Crippen molar-refractivity contribution in [1.29, 1.82) is 0 Å². The first-order valence-corrected chi connectivity index (χ1v) is 10.9. The summed E-state index contributed by atoms with van der Waals surface area (Å²) in [6.07, 6.45) is 6.01. The monoisotopic (exact) mass is 471 g/mol. The second kappa shape index (κ2) is 10.2. The summed E-state index contributed by atoms with van der Waals surface area (Å²) in [7, 11) is 0. The molecule has 0 atom stereocenters. The molecule has 2 heterocycles. The highest BCUT2D eigenvalue weighted by molar-refractivity contribution is 5.73. The molecule has 0 saturated heterocycles. The van der Waals surface area contributed by atoms with Gasteiger partial charge in [0.25, 0.3) is 0 Å². The maximum atomic E-state index is 13.0. The third kappa shape index (κ3) is 6.11. The molecule has 178 valence electrons. The zero-order chi connectivity index (χ0) is 24.1. The first-order chi connectivity index (χ1) is 16.3. The number of ether oxygens (including phenoxy) is 1. The summed E-state index contributed by atoms with van der Waals surface area (Å²) in [5, 5.41) is 8.80. The lowest BCUT2D eigenvalue weighted by Crippen LogP contribution is -2.26. The van der Waals surface area contributed by atoms with Crippen LogP contribution in [0.25, 0.3) is 5.57 Å². The topological polar surface area (TPSA) is 75.6 Å². The molecule has 1 N–H and O–H groups in total. The molecule has 1 aliphatic carbocycles. The molecule has 1 aromatic carbocycles. The average molecular weight is 471 g/mol. The number of aliphatic carboxylic acids is 1. The highest BCUT2D eigenvalue weighted by Crippen LogP contribution is 2.31. The second-order valence-electron chi connectivity index (χ2n) is 8.20. The van der Waals surface area contributed by atoms with Gasteiger partial charge >= 0.3 is 12.1 Å². The van der Waals surface area contributed by atoms with Crippen molar-refractivity contribution in [2.75, 3.05) is 19.7 Å². The van der Waals surface area contributed by atoms with E-state index < -0.39 is 17.7 Å². The SMILES string of the molecule is O=C(O)COc1ccc2c(c1)CCN(Cc1cncc(C3=CC=C(C(F)(F)F)CC=C3)n1)CC2. The number of allylic oxidation sites excluding steroid dienone is 6.